The molecule has 2 rings (SSSR count). The van der Waals surface area contributed by atoms with Crippen molar-refractivity contribution in [2.24, 2.45) is 0 Å². The van der Waals surface area contributed by atoms with Crippen molar-refractivity contribution < 1.29 is 26.3 Å². The molecule has 0 saturated carbocycles. The predicted octanol–water partition coefficient (Wildman–Crippen LogP) is 0.921. The van der Waals surface area contributed by atoms with Crippen LogP contribution in [-0.2, 0) is 24.6 Å². The molecule has 0 unspecified atom stereocenters. The second-order valence-corrected chi connectivity index (χ2v) is 10.5. The molecule has 1 fully saturated rings. The first kappa shape index (κ1) is 20.2. The molecular weight excluding hydrogens is 366 g/mol. The molecule has 0 atom stereocenters. The van der Waals surface area contributed by atoms with Crippen molar-refractivity contribution in [1.29, 1.82) is 0 Å². The van der Waals surface area contributed by atoms with E-state index in [0.29, 0.717) is 26.3 Å². The molecule has 0 N–H and O–H groups in total. The van der Waals surface area contributed by atoms with Crippen molar-refractivity contribution in [2.45, 2.75) is 18.9 Å². The Kier molecular flexibility index (Phi) is 7.24. The molecule has 9 heteroatoms. The average Bonchev–Trinajstić information content (AvgIpc) is 2.48. The molecule has 25 heavy (non-hydrogen) atoms. The quantitative estimate of drug-likeness (QED) is 0.521. The van der Waals surface area contributed by atoms with E-state index < -0.39 is 19.9 Å². The Hall–Kier alpha value is -1.16. The first-order valence-electron chi connectivity index (χ1n) is 8.21. The van der Waals surface area contributed by atoms with Crippen LogP contribution in [-0.4, -0.2) is 71.3 Å². The highest BCUT2D eigenvalue weighted by molar-refractivity contribution is 7.91. The van der Waals surface area contributed by atoms with Crippen molar-refractivity contribution in [3.05, 3.63) is 30.3 Å². The zero-order valence-electron chi connectivity index (χ0n) is 14.3. The summed E-state index contributed by atoms with van der Waals surface area (Å²) in [5, 5.41) is 0. The smallest absolute Gasteiger partial charge is 0.214 e. The second-order valence-electron chi connectivity index (χ2n) is 6.12. The van der Waals surface area contributed by atoms with E-state index in [0.717, 1.165) is 18.4 Å². The fraction of sp³-hybridized carbons (Fsp3) is 0.625. The lowest BCUT2D eigenvalue weighted by Gasteiger charge is -2.37. The maximum Gasteiger partial charge on any atom is 0.214 e. The number of sulfone groups is 1. The maximum atomic E-state index is 12.0. The topological polar surface area (TPSA) is 90.0 Å². The van der Waals surface area contributed by atoms with Gasteiger partial charge in [-0.15, -0.1) is 0 Å². The Balaban J connectivity index is 1.56. The third kappa shape index (κ3) is 7.31. The summed E-state index contributed by atoms with van der Waals surface area (Å²) in [6.45, 7) is 1.73. The van der Waals surface area contributed by atoms with Crippen LogP contribution in [0.4, 0.5) is 0 Å². The van der Waals surface area contributed by atoms with Crippen molar-refractivity contribution >= 4 is 19.9 Å². The summed E-state index contributed by atoms with van der Waals surface area (Å²) >= 11 is 0. The number of nitrogens with zero attached hydrogens (tertiary/aromatic N) is 1. The number of hydrogen-bond donors (Lipinski definition) is 0. The summed E-state index contributed by atoms with van der Waals surface area (Å²) < 4.78 is 58.7. The van der Waals surface area contributed by atoms with Gasteiger partial charge in [-0.2, -0.15) is 4.31 Å². The van der Waals surface area contributed by atoms with Crippen LogP contribution >= 0.6 is 0 Å². The Labute approximate surface area is 149 Å². The van der Waals surface area contributed by atoms with Gasteiger partial charge in [0, 0.05) is 25.8 Å². The molecule has 0 spiro atoms. The standard InChI is InChI=1S/C16H25NO6S2/c1-24(18,19)11-6-12-25(20,21)17-13-16(14-17)23-10-5-9-22-15-7-3-2-4-8-15/h2-4,7-8,16H,5-6,9-14H2,1H3. The van der Waals surface area contributed by atoms with Gasteiger partial charge in [0.1, 0.15) is 15.6 Å². The molecule has 7 nitrogen and oxygen atoms in total. The molecule has 1 aliphatic heterocycles. The Bertz CT molecular complexity index is 727. The van der Waals surface area contributed by atoms with Gasteiger partial charge in [-0.05, 0) is 18.6 Å². The minimum Gasteiger partial charge on any atom is -0.494 e. The van der Waals surface area contributed by atoms with E-state index in [2.05, 4.69) is 0 Å². The predicted molar refractivity (Wildman–Crippen MR) is 96.0 cm³/mol. The molecule has 0 aromatic heterocycles. The lowest BCUT2D eigenvalue weighted by atomic mass is 10.2. The summed E-state index contributed by atoms with van der Waals surface area (Å²) in [7, 11) is -6.51. The van der Waals surface area contributed by atoms with Gasteiger partial charge in [0.05, 0.1) is 30.8 Å². The fourth-order valence-corrected chi connectivity index (χ4v) is 4.79. The van der Waals surface area contributed by atoms with Crippen LogP contribution in [0.25, 0.3) is 0 Å². The van der Waals surface area contributed by atoms with Gasteiger partial charge in [-0.1, -0.05) is 18.2 Å². The summed E-state index contributed by atoms with van der Waals surface area (Å²) in [6, 6.07) is 9.52. The lowest BCUT2D eigenvalue weighted by Crippen LogP contribution is -2.55. The monoisotopic (exact) mass is 391 g/mol. The van der Waals surface area contributed by atoms with Crippen LogP contribution in [0, 0.1) is 0 Å². The van der Waals surface area contributed by atoms with E-state index in [1.165, 1.54) is 4.31 Å². The highest BCUT2D eigenvalue weighted by Gasteiger charge is 2.35. The molecule has 1 saturated heterocycles. The van der Waals surface area contributed by atoms with Crippen LogP contribution < -0.4 is 4.74 Å². The van der Waals surface area contributed by atoms with Gasteiger partial charge in [0.15, 0.2) is 0 Å². The molecule has 1 aliphatic rings. The van der Waals surface area contributed by atoms with Crippen LogP contribution in [0.1, 0.15) is 12.8 Å². The van der Waals surface area contributed by atoms with Crippen molar-refractivity contribution in [3.63, 3.8) is 0 Å². The largest absolute Gasteiger partial charge is 0.494 e. The molecule has 0 radical (unpaired) electrons. The summed E-state index contributed by atoms with van der Waals surface area (Å²) in [5.74, 6) is 0.566. The number of ether oxygens (including phenoxy) is 2. The molecule has 1 heterocycles. The van der Waals surface area contributed by atoms with Crippen molar-refractivity contribution in [2.75, 3.05) is 44.1 Å². The third-order valence-corrected chi connectivity index (χ3v) is 6.70. The number of benzene rings is 1. The molecular formula is C16H25NO6S2. The molecule has 1 aromatic rings. The highest BCUT2D eigenvalue weighted by Crippen LogP contribution is 2.18. The number of para-hydroxylation sites is 1. The van der Waals surface area contributed by atoms with E-state index in [9.17, 15) is 16.8 Å². The van der Waals surface area contributed by atoms with Crippen LogP contribution in [0.2, 0.25) is 0 Å². The van der Waals surface area contributed by atoms with Gasteiger partial charge in [-0.3, -0.25) is 0 Å². The third-order valence-electron chi connectivity index (χ3n) is 3.78. The van der Waals surface area contributed by atoms with E-state index in [1.807, 2.05) is 30.3 Å². The van der Waals surface area contributed by atoms with Crippen LogP contribution in [0.15, 0.2) is 30.3 Å². The first-order valence-corrected chi connectivity index (χ1v) is 11.9. The van der Waals surface area contributed by atoms with Gasteiger partial charge in [-0.25, -0.2) is 16.8 Å². The minimum atomic E-state index is -3.39. The van der Waals surface area contributed by atoms with Crippen LogP contribution in [0.3, 0.4) is 0 Å². The summed E-state index contributed by atoms with van der Waals surface area (Å²) in [4.78, 5) is 0. The molecule has 0 amide bonds. The fourth-order valence-electron chi connectivity index (χ4n) is 2.38. The number of sulfonamides is 1. The zero-order valence-corrected chi connectivity index (χ0v) is 16.0. The van der Waals surface area contributed by atoms with Crippen LogP contribution in [0.5, 0.6) is 5.75 Å². The van der Waals surface area contributed by atoms with Gasteiger partial charge >= 0.3 is 0 Å². The van der Waals surface area contributed by atoms with Gasteiger partial charge in [0.2, 0.25) is 10.0 Å². The Morgan fingerprint density at radius 1 is 1.00 bits per heavy atom. The normalized spacial score (nSPS) is 16.5. The van der Waals surface area contributed by atoms with E-state index >= 15 is 0 Å². The molecule has 0 bridgehead atoms. The second kappa shape index (κ2) is 8.98. The zero-order chi connectivity index (χ0) is 18.3. The SMILES string of the molecule is CS(=O)(=O)CCCS(=O)(=O)N1CC(OCCCOc2ccccc2)C1. The lowest BCUT2D eigenvalue weighted by molar-refractivity contribution is -0.0233. The van der Waals surface area contributed by atoms with Gasteiger partial charge in [0.25, 0.3) is 0 Å². The van der Waals surface area contributed by atoms with Crippen molar-refractivity contribution in [3.8, 4) is 5.75 Å². The number of hydrogen-bond acceptors (Lipinski definition) is 6. The summed E-state index contributed by atoms with van der Waals surface area (Å²) in [5.41, 5.74) is 0. The summed E-state index contributed by atoms with van der Waals surface area (Å²) in [6.07, 6.45) is 1.86. The molecule has 0 aliphatic carbocycles. The van der Waals surface area contributed by atoms with E-state index in [1.54, 1.807) is 0 Å². The molecule has 142 valence electrons. The highest BCUT2D eigenvalue weighted by atomic mass is 32.2. The maximum absolute atomic E-state index is 12.0. The Morgan fingerprint density at radius 3 is 2.32 bits per heavy atom. The average molecular weight is 392 g/mol. The van der Waals surface area contributed by atoms with E-state index in [4.69, 9.17) is 9.47 Å². The minimum absolute atomic E-state index is 0.0959. The van der Waals surface area contributed by atoms with Crippen molar-refractivity contribution in [1.82, 2.24) is 4.31 Å². The Morgan fingerprint density at radius 2 is 1.68 bits per heavy atom. The molecule has 1 aromatic carbocycles. The van der Waals surface area contributed by atoms with Gasteiger partial charge < -0.3 is 9.47 Å². The van der Waals surface area contributed by atoms with E-state index in [-0.39, 0.29) is 24.0 Å². The first-order chi connectivity index (χ1) is 11.8. The number of rotatable bonds is 11.